The molecule has 4 aromatic rings. The van der Waals surface area contributed by atoms with Crippen molar-refractivity contribution in [3.05, 3.63) is 42.5 Å². The number of fused-ring (bicyclic) bond motifs is 1. The fourth-order valence-electron chi connectivity index (χ4n) is 2.88. The van der Waals surface area contributed by atoms with Crippen molar-refractivity contribution in [1.29, 1.82) is 0 Å². The molecule has 13 heteroatoms. The Labute approximate surface area is 174 Å². The van der Waals surface area contributed by atoms with E-state index in [-0.39, 0.29) is 45.0 Å². The van der Waals surface area contributed by atoms with Crippen molar-refractivity contribution < 1.29 is 21.6 Å². The van der Waals surface area contributed by atoms with Crippen molar-refractivity contribution in [3.8, 4) is 23.2 Å². The molecule has 0 fully saturated rings. The second-order valence-corrected chi connectivity index (χ2v) is 8.69. The number of aromatic nitrogens is 7. The number of rotatable bonds is 4. The first-order valence-corrected chi connectivity index (χ1v) is 10.5. The van der Waals surface area contributed by atoms with Crippen LogP contribution in [0.25, 0.3) is 34.3 Å². The molecule has 0 saturated carbocycles. The van der Waals surface area contributed by atoms with E-state index >= 15 is 0 Å². The topological polar surface area (TPSA) is 116 Å². The fraction of sp³-hybridized carbons (Fsp3) is 0.222. The van der Waals surface area contributed by atoms with E-state index in [4.69, 9.17) is 0 Å². The van der Waals surface area contributed by atoms with E-state index in [1.54, 1.807) is 6.07 Å². The summed E-state index contributed by atoms with van der Waals surface area (Å²) >= 11 is 0. The molecule has 0 N–H and O–H groups in total. The van der Waals surface area contributed by atoms with E-state index < -0.39 is 21.6 Å². The second kappa shape index (κ2) is 7.34. The molecule has 4 heterocycles. The lowest BCUT2D eigenvalue weighted by Crippen LogP contribution is -2.11. The van der Waals surface area contributed by atoms with Gasteiger partial charge in [0.05, 0.1) is 17.5 Å². The smallest absolute Gasteiger partial charge is 0.310 e. The van der Waals surface area contributed by atoms with Crippen molar-refractivity contribution in [3.63, 3.8) is 0 Å². The average Bonchev–Trinajstić information content (AvgIpc) is 3.09. The first-order valence-electron chi connectivity index (χ1n) is 8.89. The zero-order chi connectivity index (χ0) is 22.4. The van der Waals surface area contributed by atoms with Crippen LogP contribution in [0.1, 0.15) is 12.5 Å². The highest BCUT2D eigenvalue weighted by Crippen LogP contribution is 2.33. The molecule has 4 aromatic heterocycles. The van der Waals surface area contributed by atoms with Crippen LogP contribution in [0.3, 0.4) is 0 Å². The van der Waals surface area contributed by atoms with Crippen molar-refractivity contribution >= 4 is 21.0 Å². The third kappa shape index (κ3) is 3.71. The highest BCUT2D eigenvalue weighted by Gasteiger charge is 2.32. The predicted octanol–water partition coefficient (Wildman–Crippen LogP) is 2.69. The summed E-state index contributed by atoms with van der Waals surface area (Å²) in [6.45, 7) is 1.46. The zero-order valence-electron chi connectivity index (χ0n) is 16.2. The van der Waals surface area contributed by atoms with Crippen LogP contribution in [0.5, 0.6) is 0 Å². The maximum absolute atomic E-state index is 13.1. The summed E-state index contributed by atoms with van der Waals surface area (Å²) in [4.78, 5) is 24.3. The summed E-state index contributed by atoms with van der Waals surface area (Å²) in [5, 5.41) is 0. The number of halogens is 3. The largest absolute Gasteiger partial charge is 0.417 e. The Morgan fingerprint density at radius 3 is 2.35 bits per heavy atom. The molecule has 9 nitrogen and oxygen atoms in total. The third-order valence-electron chi connectivity index (χ3n) is 4.48. The monoisotopic (exact) mass is 449 g/mol. The second-order valence-electron chi connectivity index (χ2n) is 6.44. The highest BCUT2D eigenvalue weighted by atomic mass is 32.2. The van der Waals surface area contributed by atoms with Gasteiger partial charge in [-0.3, -0.25) is 0 Å². The summed E-state index contributed by atoms with van der Waals surface area (Å²) in [5.74, 6) is -0.0131. The molecule has 0 amide bonds. The molecule has 0 spiro atoms. The van der Waals surface area contributed by atoms with Gasteiger partial charge in [-0.05, 0) is 12.1 Å². The number of nitrogens with zero attached hydrogens (tertiary/aromatic N) is 7. The minimum absolute atomic E-state index is 0.0217. The molecule has 0 aliphatic rings. The third-order valence-corrected chi connectivity index (χ3v) is 6.21. The molecule has 160 valence electrons. The zero-order valence-corrected chi connectivity index (χ0v) is 17.0. The van der Waals surface area contributed by atoms with Gasteiger partial charge in [0, 0.05) is 25.6 Å². The number of aryl methyl sites for hydroxylation is 1. The Morgan fingerprint density at radius 1 is 1.00 bits per heavy atom. The SMILES string of the molecule is CCS(=O)(=O)c1cnc(-c2ncccn2)nc1-c1nc2cc(C(F)(F)F)cnc2n1C. The van der Waals surface area contributed by atoms with Crippen molar-refractivity contribution in [2.24, 2.45) is 7.05 Å². The van der Waals surface area contributed by atoms with E-state index in [1.165, 1.54) is 30.9 Å². The standard InChI is InChI=1S/C18H14F3N7O2S/c1-3-31(29,30)12-9-24-15(14-22-5-4-6-23-14)27-13(12)17-26-11-7-10(18(19,20)21)8-25-16(11)28(17)2/h4-9H,3H2,1-2H3. The molecule has 0 saturated heterocycles. The molecule has 0 atom stereocenters. The Balaban J connectivity index is 1.99. The molecule has 0 bridgehead atoms. The van der Waals surface area contributed by atoms with Crippen LogP contribution in [-0.2, 0) is 23.1 Å². The lowest BCUT2D eigenvalue weighted by molar-refractivity contribution is -0.137. The molecule has 0 radical (unpaired) electrons. The fourth-order valence-corrected chi connectivity index (χ4v) is 3.84. The lowest BCUT2D eigenvalue weighted by Gasteiger charge is -2.09. The van der Waals surface area contributed by atoms with Gasteiger partial charge in [-0.1, -0.05) is 6.92 Å². The molecule has 31 heavy (non-hydrogen) atoms. The maximum atomic E-state index is 13.1. The molecular weight excluding hydrogens is 435 g/mol. The summed E-state index contributed by atoms with van der Waals surface area (Å²) in [6.07, 6.45) is 0.170. The number of imidazole rings is 1. The summed E-state index contributed by atoms with van der Waals surface area (Å²) < 4.78 is 65.9. The molecule has 0 aliphatic carbocycles. The molecular formula is C18H14F3N7O2S. The summed E-state index contributed by atoms with van der Waals surface area (Å²) in [7, 11) is -2.27. The van der Waals surface area contributed by atoms with Crippen LogP contribution < -0.4 is 0 Å². The Kier molecular flexibility index (Phi) is 4.92. The van der Waals surface area contributed by atoms with Crippen molar-refractivity contribution in [1.82, 2.24) is 34.5 Å². The normalized spacial score (nSPS) is 12.4. The number of hydrogen-bond donors (Lipinski definition) is 0. The van der Waals surface area contributed by atoms with Gasteiger partial charge in [0.25, 0.3) is 0 Å². The quantitative estimate of drug-likeness (QED) is 0.467. The van der Waals surface area contributed by atoms with E-state index in [0.717, 1.165) is 12.3 Å². The molecule has 4 rings (SSSR count). The van der Waals surface area contributed by atoms with E-state index in [9.17, 15) is 21.6 Å². The van der Waals surface area contributed by atoms with Gasteiger partial charge in [-0.2, -0.15) is 13.2 Å². The molecule has 0 unspecified atom stereocenters. The Hall–Kier alpha value is -3.48. The van der Waals surface area contributed by atoms with Gasteiger partial charge >= 0.3 is 6.18 Å². The molecule has 0 aliphatic heterocycles. The van der Waals surface area contributed by atoms with Gasteiger partial charge in [0.2, 0.25) is 0 Å². The number of alkyl halides is 3. The number of sulfone groups is 1. The molecule has 0 aromatic carbocycles. The Morgan fingerprint density at radius 2 is 1.71 bits per heavy atom. The predicted molar refractivity (Wildman–Crippen MR) is 103 cm³/mol. The number of pyridine rings is 1. The summed E-state index contributed by atoms with van der Waals surface area (Å²) in [6, 6.07) is 2.44. The maximum Gasteiger partial charge on any atom is 0.417 e. The first-order chi connectivity index (χ1) is 14.6. The van der Waals surface area contributed by atoms with Crippen LogP contribution >= 0.6 is 0 Å². The minimum atomic E-state index is -4.59. The van der Waals surface area contributed by atoms with Crippen molar-refractivity contribution in [2.45, 2.75) is 18.0 Å². The lowest BCUT2D eigenvalue weighted by atomic mass is 10.2. The van der Waals surface area contributed by atoms with Gasteiger partial charge in [-0.15, -0.1) is 0 Å². The highest BCUT2D eigenvalue weighted by molar-refractivity contribution is 7.91. The van der Waals surface area contributed by atoms with Crippen LogP contribution in [0, 0.1) is 0 Å². The summed E-state index contributed by atoms with van der Waals surface area (Å²) in [5.41, 5.74) is -0.956. The van der Waals surface area contributed by atoms with E-state index in [2.05, 4.69) is 29.9 Å². The van der Waals surface area contributed by atoms with Crippen molar-refractivity contribution in [2.75, 3.05) is 5.75 Å². The first kappa shape index (κ1) is 20.8. The average molecular weight is 449 g/mol. The van der Waals surface area contributed by atoms with Crippen LogP contribution in [0.2, 0.25) is 0 Å². The van der Waals surface area contributed by atoms with E-state index in [0.29, 0.717) is 6.20 Å². The minimum Gasteiger partial charge on any atom is -0.310 e. The van der Waals surface area contributed by atoms with Gasteiger partial charge in [0.1, 0.15) is 16.1 Å². The van der Waals surface area contributed by atoms with Gasteiger partial charge < -0.3 is 4.57 Å². The van der Waals surface area contributed by atoms with Gasteiger partial charge in [-0.25, -0.2) is 38.3 Å². The Bertz CT molecular complexity index is 1390. The van der Waals surface area contributed by atoms with E-state index in [1.807, 2.05) is 0 Å². The van der Waals surface area contributed by atoms with Crippen LogP contribution in [-0.4, -0.2) is 48.6 Å². The number of hydrogen-bond acceptors (Lipinski definition) is 8. The van der Waals surface area contributed by atoms with Crippen LogP contribution in [0.15, 0.2) is 41.8 Å². The van der Waals surface area contributed by atoms with Gasteiger partial charge in [0.15, 0.2) is 33.0 Å². The van der Waals surface area contributed by atoms with Crippen LogP contribution in [0.4, 0.5) is 13.2 Å².